The van der Waals surface area contributed by atoms with E-state index in [-0.39, 0.29) is 10.6 Å². The predicted molar refractivity (Wildman–Crippen MR) is 142 cm³/mol. The lowest BCUT2D eigenvalue weighted by Crippen LogP contribution is -2.39. The molecular weight excluding hydrogens is 502 g/mol. The molecule has 0 atom stereocenters. The molecule has 0 saturated carbocycles. The maximum absolute atomic E-state index is 13.8. The minimum absolute atomic E-state index is 0.0482. The van der Waals surface area contributed by atoms with Crippen molar-refractivity contribution in [3.63, 3.8) is 0 Å². The average molecular weight is 530 g/mol. The third kappa shape index (κ3) is 6.35. The maximum atomic E-state index is 13.8. The van der Waals surface area contributed by atoms with Gasteiger partial charge in [-0.1, -0.05) is 29.8 Å². The number of hydrogen-bond donors (Lipinski definition) is 1. The Hall–Kier alpha value is -3.56. The van der Waals surface area contributed by atoms with Crippen molar-refractivity contribution in [1.82, 2.24) is 5.43 Å². The number of halogens is 1. The first-order valence-electron chi connectivity index (χ1n) is 11.0. The van der Waals surface area contributed by atoms with Crippen LogP contribution in [0.3, 0.4) is 0 Å². The molecule has 1 N–H and O–H groups in total. The molecule has 0 unspecified atom stereocenters. The molecule has 0 aliphatic carbocycles. The van der Waals surface area contributed by atoms with Crippen molar-refractivity contribution >= 4 is 38.9 Å². The van der Waals surface area contributed by atoms with Gasteiger partial charge in [-0.2, -0.15) is 5.10 Å². The summed E-state index contributed by atoms with van der Waals surface area (Å²) >= 11 is 5.92. The number of carbonyl (C=O) groups excluding carboxylic acids is 1. The number of amides is 1. The van der Waals surface area contributed by atoms with Gasteiger partial charge in [-0.15, -0.1) is 0 Å². The van der Waals surface area contributed by atoms with E-state index in [9.17, 15) is 13.2 Å². The van der Waals surface area contributed by atoms with Crippen LogP contribution < -0.4 is 19.2 Å². The first-order valence-corrected chi connectivity index (χ1v) is 12.8. The van der Waals surface area contributed by atoms with E-state index >= 15 is 0 Å². The van der Waals surface area contributed by atoms with Crippen LogP contribution in [0.4, 0.5) is 5.69 Å². The van der Waals surface area contributed by atoms with Gasteiger partial charge in [0.25, 0.3) is 15.9 Å². The van der Waals surface area contributed by atoms with E-state index in [4.69, 9.17) is 21.1 Å². The summed E-state index contributed by atoms with van der Waals surface area (Å²) in [5, 5.41) is 4.71. The number of ether oxygens (including phenoxy) is 2. The molecule has 3 aromatic rings. The summed E-state index contributed by atoms with van der Waals surface area (Å²) in [5.41, 5.74) is 5.83. The first-order chi connectivity index (χ1) is 17.0. The van der Waals surface area contributed by atoms with Crippen molar-refractivity contribution in [2.24, 2.45) is 5.10 Å². The molecule has 0 fully saturated rings. The molecule has 0 heterocycles. The van der Waals surface area contributed by atoms with Gasteiger partial charge in [0.2, 0.25) is 0 Å². The molecule has 0 bridgehead atoms. The molecular formula is C26H28ClN3O5S. The van der Waals surface area contributed by atoms with Crippen LogP contribution in [0.5, 0.6) is 11.5 Å². The Morgan fingerprint density at radius 1 is 0.944 bits per heavy atom. The van der Waals surface area contributed by atoms with E-state index in [1.54, 1.807) is 43.3 Å². The Bertz CT molecular complexity index is 1370. The number of nitrogens with zero attached hydrogens (tertiary/aromatic N) is 2. The molecule has 0 aliphatic heterocycles. The second kappa shape index (κ2) is 11.5. The van der Waals surface area contributed by atoms with Crippen molar-refractivity contribution in [1.29, 1.82) is 0 Å². The van der Waals surface area contributed by atoms with Gasteiger partial charge >= 0.3 is 0 Å². The maximum Gasteiger partial charge on any atom is 0.264 e. The third-order valence-corrected chi connectivity index (χ3v) is 7.36. The number of hydrogen-bond acceptors (Lipinski definition) is 6. The molecule has 0 spiro atoms. The van der Waals surface area contributed by atoms with Crippen molar-refractivity contribution in [2.75, 3.05) is 25.1 Å². The topological polar surface area (TPSA) is 97.3 Å². The fourth-order valence-electron chi connectivity index (χ4n) is 3.58. The van der Waals surface area contributed by atoms with E-state index < -0.39 is 22.5 Å². The summed E-state index contributed by atoms with van der Waals surface area (Å²) in [4.78, 5) is 12.8. The molecule has 36 heavy (non-hydrogen) atoms. The zero-order chi connectivity index (χ0) is 26.5. The van der Waals surface area contributed by atoms with E-state index in [1.807, 2.05) is 19.9 Å². The fourth-order valence-corrected chi connectivity index (χ4v) is 5.13. The Labute approximate surface area is 216 Å². The van der Waals surface area contributed by atoms with Gasteiger partial charge in [-0.05, 0) is 73.9 Å². The Balaban J connectivity index is 1.96. The number of methoxy groups -OCH3 is 2. The van der Waals surface area contributed by atoms with Gasteiger partial charge in [0.1, 0.15) is 6.54 Å². The Kier molecular flexibility index (Phi) is 8.60. The summed E-state index contributed by atoms with van der Waals surface area (Å²) in [6.45, 7) is 4.96. The number of aryl methyl sites for hydroxylation is 2. The Morgan fingerprint density at radius 2 is 1.56 bits per heavy atom. The molecule has 0 aromatic heterocycles. The predicted octanol–water partition coefficient (Wildman–Crippen LogP) is 4.71. The van der Waals surface area contributed by atoms with Gasteiger partial charge in [-0.3, -0.25) is 9.10 Å². The van der Waals surface area contributed by atoms with Crippen LogP contribution in [0.25, 0.3) is 0 Å². The third-order valence-electron chi connectivity index (χ3n) is 5.33. The molecule has 0 radical (unpaired) electrons. The normalized spacial score (nSPS) is 11.7. The number of nitrogens with one attached hydrogen (secondary N) is 1. The van der Waals surface area contributed by atoms with Gasteiger partial charge in [0, 0.05) is 11.1 Å². The number of carbonyl (C=O) groups is 1. The number of rotatable bonds is 9. The summed E-state index contributed by atoms with van der Waals surface area (Å²) in [7, 11) is -1.28. The highest BCUT2D eigenvalue weighted by atomic mass is 35.5. The summed E-state index contributed by atoms with van der Waals surface area (Å²) in [5.74, 6) is 0.0391. The van der Waals surface area contributed by atoms with Crippen molar-refractivity contribution < 1.29 is 22.7 Å². The molecule has 1 amide bonds. The second-order valence-electron chi connectivity index (χ2n) is 8.11. The van der Waals surface area contributed by atoms with E-state index in [0.717, 1.165) is 21.0 Å². The Morgan fingerprint density at radius 3 is 2.14 bits per heavy atom. The highest BCUT2D eigenvalue weighted by Gasteiger charge is 2.28. The lowest BCUT2D eigenvalue weighted by atomic mass is 10.1. The lowest BCUT2D eigenvalue weighted by Gasteiger charge is -2.25. The molecule has 3 rings (SSSR count). The van der Waals surface area contributed by atoms with Gasteiger partial charge < -0.3 is 9.47 Å². The summed E-state index contributed by atoms with van der Waals surface area (Å²) < 4.78 is 39.1. The highest BCUT2D eigenvalue weighted by Crippen LogP contribution is 2.32. The fraction of sp³-hybridized carbons (Fsp3) is 0.231. The van der Waals surface area contributed by atoms with Crippen LogP contribution in [0.15, 0.2) is 70.7 Å². The number of hydrazone groups is 1. The van der Waals surface area contributed by atoms with Crippen molar-refractivity contribution in [3.05, 3.63) is 82.4 Å². The SMILES string of the molecule is COc1ccc(S(=O)(=O)N(CC(=O)N/N=C(/C)c2ccc(Cl)cc2)c2cc(C)cc(C)c2)cc1OC. The van der Waals surface area contributed by atoms with Gasteiger partial charge in [-0.25, -0.2) is 13.8 Å². The van der Waals surface area contributed by atoms with Crippen LogP contribution >= 0.6 is 11.6 Å². The van der Waals surface area contributed by atoms with E-state index in [0.29, 0.717) is 22.2 Å². The van der Waals surface area contributed by atoms with Crippen LogP contribution in [0.2, 0.25) is 5.02 Å². The molecule has 0 saturated heterocycles. The highest BCUT2D eigenvalue weighted by molar-refractivity contribution is 7.92. The summed E-state index contributed by atoms with van der Waals surface area (Å²) in [6.07, 6.45) is 0. The standard InChI is InChI=1S/C26H28ClN3O5S/c1-17-12-18(2)14-22(13-17)30(36(32,33)23-10-11-24(34-4)25(15-23)35-5)16-26(31)29-28-19(3)20-6-8-21(27)9-7-20/h6-15H,16H2,1-5H3,(H,29,31)/b28-19-. The minimum Gasteiger partial charge on any atom is -0.493 e. The smallest absolute Gasteiger partial charge is 0.264 e. The molecule has 3 aromatic carbocycles. The van der Waals surface area contributed by atoms with Gasteiger partial charge in [0.15, 0.2) is 11.5 Å². The van der Waals surface area contributed by atoms with Crippen LogP contribution in [-0.2, 0) is 14.8 Å². The minimum atomic E-state index is -4.16. The largest absolute Gasteiger partial charge is 0.493 e. The quantitative estimate of drug-likeness (QED) is 0.320. The van der Waals surface area contributed by atoms with E-state index in [1.165, 1.54) is 32.4 Å². The number of anilines is 1. The lowest BCUT2D eigenvalue weighted by molar-refractivity contribution is -0.119. The molecule has 0 aliphatic rings. The zero-order valence-electron chi connectivity index (χ0n) is 20.7. The summed E-state index contributed by atoms with van der Waals surface area (Å²) in [6, 6.07) is 16.6. The molecule has 10 heteroatoms. The number of sulfonamides is 1. The average Bonchev–Trinajstić information content (AvgIpc) is 2.85. The monoisotopic (exact) mass is 529 g/mol. The second-order valence-corrected chi connectivity index (χ2v) is 10.4. The van der Waals surface area contributed by atoms with Crippen molar-refractivity contribution in [2.45, 2.75) is 25.7 Å². The van der Waals surface area contributed by atoms with E-state index in [2.05, 4.69) is 10.5 Å². The first kappa shape index (κ1) is 27.0. The molecule has 190 valence electrons. The van der Waals surface area contributed by atoms with Gasteiger partial charge in [0.05, 0.1) is 30.5 Å². The van der Waals surface area contributed by atoms with Crippen LogP contribution in [-0.4, -0.2) is 40.8 Å². The van der Waals surface area contributed by atoms with Crippen LogP contribution in [0, 0.1) is 13.8 Å². The zero-order valence-corrected chi connectivity index (χ0v) is 22.3. The number of benzene rings is 3. The molecule has 8 nitrogen and oxygen atoms in total. The van der Waals surface area contributed by atoms with Crippen molar-refractivity contribution in [3.8, 4) is 11.5 Å². The van der Waals surface area contributed by atoms with Crippen LogP contribution in [0.1, 0.15) is 23.6 Å².